The topological polar surface area (TPSA) is 46.5 Å². The van der Waals surface area contributed by atoms with Gasteiger partial charge in [-0.05, 0) is 41.5 Å². The molecule has 16 heavy (non-hydrogen) atoms. The van der Waals surface area contributed by atoms with Crippen molar-refractivity contribution in [2.45, 2.75) is 6.92 Å². The van der Waals surface area contributed by atoms with Crippen LogP contribution in [0.15, 0.2) is 30.3 Å². The molecule has 0 saturated heterocycles. The van der Waals surface area contributed by atoms with Crippen LogP contribution in [-0.2, 0) is 4.74 Å². The summed E-state index contributed by atoms with van der Waals surface area (Å²) in [5, 5.41) is 11.2. The number of carbonyl (C=O) groups is 1. The Hall–Kier alpha value is -2.03. The molecule has 0 unspecified atom stereocenters. The van der Waals surface area contributed by atoms with Crippen molar-refractivity contribution in [3.8, 4) is 5.75 Å². The molecule has 82 valence electrons. The Labute approximate surface area is 93.3 Å². The van der Waals surface area contributed by atoms with Gasteiger partial charge in [0.2, 0.25) is 0 Å². The number of ether oxygens (including phenoxy) is 1. The van der Waals surface area contributed by atoms with E-state index in [9.17, 15) is 9.90 Å². The van der Waals surface area contributed by atoms with Crippen molar-refractivity contribution in [2.75, 3.05) is 7.11 Å². The summed E-state index contributed by atoms with van der Waals surface area (Å²) in [6.45, 7) is 1.84. The maximum absolute atomic E-state index is 11.5. The van der Waals surface area contributed by atoms with Crippen LogP contribution in [0.25, 0.3) is 10.8 Å². The number of phenols is 1. The maximum Gasteiger partial charge on any atom is 0.338 e. The third kappa shape index (κ3) is 1.72. The Morgan fingerprint density at radius 1 is 1.19 bits per heavy atom. The highest BCUT2D eigenvalue weighted by Crippen LogP contribution is 2.23. The number of aryl methyl sites for hydroxylation is 1. The van der Waals surface area contributed by atoms with Crippen LogP contribution in [0.4, 0.5) is 0 Å². The fourth-order valence-electron chi connectivity index (χ4n) is 1.73. The van der Waals surface area contributed by atoms with Crippen molar-refractivity contribution < 1.29 is 14.6 Å². The highest BCUT2D eigenvalue weighted by atomic mass is 16.5. The molecule has 0 heterocycles. The second kappa shape index (κ2) is 3.85. The monoisotopic (exact) mass is 216 g/mol. The van der Waals surface area contributed by atoms with Gasteiger partial charge in [-0.15, -0.1) is 0 Å². The summed E-state index contributed by atoms with van der Waals surface area (Å²) in [4.78, 5) is 11.5. The first-order chi connectivity index (χ1) is 7.61. The molecule has 2 aromatic carbocycles. The van der Waals surface area contributed by atoms with Gasteiger partial charge in [-0.3, -0.25) is 0 Å². The van der Waals surface area contributed by atoms with E-state index in [0.717, 1.165) is 16.3 Å². The highest BCUT2D eigenvalue weighted by Gasteiger charge is 2.10. The molecule has 0 atom stereocenters. The van der Waals surface area contributed by atoms with E-state index < -0.39 is 0 Å². The smallest absolute Gasteiger partial charge is 0.338 e. The maximum atomic E-state index is 11.5. The number of benzene rings is 2. The fourth-order valence-corrected chi connectivity index (χ4v) is 1.73. The van der Waals surface area contributed by atoms with E-state index in [2.05, 4.69) is 0 Å². The first-order valence-electron chi connectivity index (χ1n) is 4.93. The molecule has 2 aromatic rings. The number of carbonyl (C=O) groups excluding carboxylic acids is 1. The molecule has 1 N–H and O–H groups in total. The molecule has 0 fully saturated rings. The van der Waals surface area contributed by atoms with Gasteiger partial charge in [0.15, 0.2) is 0 Å². The first kappa shape index (κ1) is 10.5. The molecule has 0 aliphatic rings. The molecule has 0 aliphatic heterocycles. The summed E-state index contributed by atoms with van der Waals surface area (Å²) in [6, 6.07) is 8.68. The standard InChI is InChI=1S/C13H12O3/c1-8-5-10-6-11(14)4-3-9(10)7-12(8)13(15)16-2/h3-7,14H,1-2H3. The van der Waals surface area contributed by atoms with Gasteiger partial charge in [0, 0.05) is 0 Å². The number of fused-ring (bicyclic) bond motifs is 1. The van der Waals surface area contributed by atoms with E-state index in [0.29, 0.717) is 5.56 Å². The quantitative estimate of drug-likeness (QED) is 0.745. The summed E-state index contributed by atoms with van der Waals surface area (Å²) in [5.74, 6) is -0.120. The third-order valence-electron chi connectivity index (χ3n) is 2.57. The Morgan fingerprint density at radius 2 is 1.94 bits per heavy atom. The number of hydrogen-bond donors (Lipinski definition) is 1. The van der Waals surface area contributed by atoms with Gasteiger partial charge in [0.25, 0.3) is 0 Å². The van der Waals surface area contributed by atoms with Crippen LogP contribution in [0.3, 0.4) is 0 Å². The number of esters is 1. The van der Waals surface area contributed by atoms with Gasteiger partial charge in [-0.25, -0.2) is 4.79 Å². The summed E-state index contributed by atoms with van der Waals surface area (Å²) >= 11 is 0. The van der Waals surface area contributed by atoms with Gasteiger partial charge < -0.3 is 9.84 Å². The van der Waals surface area contributed by atoms with E-state index in [1.807, 2.05) is 13.0 Å². The zero-order valence-electron chi connectivity index (χ0n) is 9.15. The van der Waals surface area contributed by atoms with E-state index >= 15 is 0 Å². The van der Waals surface area contributed by atoms with E-state index in [1.165, 1.54) is 7.11 Å². The molecular formula is C13H12O3. The lowest BCUT2D eigenvalue weighted by Crippen LogP contribution is -2.03. The summed E-state index contributed by atoms with van der Waals surface area (Å²) in [6.07, 6.45) is 0. The minimum atomic E-state index is -0.340. The number of methoxy groups -OCH3 is 1. The zero-order chi connectivity index (χ0) is 11.7. The van der Waals surface area contributed by atoms with Crippen molar-refractivity contribution in [1.29, 1.82) is 0 Å². The molecule has 3 nitrogen and oxygen atoms in total. The van der Waals surface area contributed by atoms with Crippen molar-refractivity contribution >= 4 is 16.7 Å². The van der Waals surface area contributed by atoms with Crippen molar-refractivity contribution in [2.24, 2.45) is 0 Å². The predicted octanol–water partition coefficient (Wildman–Crippen LogP) is 2.64. The summed E-state index contributed by atoms with van der Waals surface area (Å²) < 4.78 is 4.70. The van der Waals surface area contributed by atoms with E-state index in [-0.39, 0.29) is 11.7 Å². The van der Waals surface area contributed by atoms with Crippen LogP contribution in [0.1, 0.15) is 15.9 Å². The third-order valence-corrected chi connectivity index (χ3v) is 2.57. The Balaban J connectivity index is 2.67. The van der Waals surface area contributed by atoms with Crippen molar-refractivity contribution in [3.05, 3.63) is 41.5 Å². The van der Waals surface area contributed by atoms with Crippen molar-refractivity contribution in [3.63, 3.8) is 0 Å². The largest absolute Gasteiger partial charge is 0.508 e. The second-order valence-electron chi connectivity index (χ2n) is 3.69. The minimum Gasteiger partial charge on any atom is -0.508 e. The van der Waals surface area contributed by atoms with Gasteiger partial charge >= 0.3 is 5.97 Å². The van der Waals surface area contributed by atoms with Crippen LogP contribution < -0.4 is 0 Å². The number of phenolic OH excluding ortho intramolecular Hbond substituents is 1. The average molecular weight is 216 g/mol. The number of aromatic hydroxyl groups is 1. The molecule has 0 amide bonds. The SMILES string of the molecule is COC(=O)c1cc2ccc(O)cc2cc1C. The first-order valence-corrected chi connectivity index (χ1v) is 4.93. The Kier molecular flexibility index (Phi) is 2.52. The van der Waals surface area contributed by atoms with Gasteiger partial charge in [0.1, 0.15) is 5.75 Å². The summed E-state index contributed by atoms with van der Waals surface area (Å²) in [7, 11) is 1.36. The van der Waals surface area contributed by atoms with Crippen LogP contribution in [-0.4, -0.2) is 18.2 Å². The van der Waals surface area contributed by atoms with Gasteiger partial charge in [-0.1, -0.05) is 12.1 Å². The van der Waals surface area contributed by atoms with Crippen LogP contribution in [0.2, 0.25) is 0 Å². The van der Waals surface area contributed by atoms with Gasteiger partial charge in [-0.2, -0.15) is 0 Å². The van der Waals surface area contributed by atoms with E-state index in [4.69, 9.17) is 4.74 Å². The normalized spacial score (nSPS) is 10.4. The number of hydrogen-bond acceptors (Lipinski definition) is 3. The van der Waals surface area contributed by atoms with E-state index in [1.54, 1.807) is 24.3 Å². The lowest BCUT2D eigenvalue weighted by atomic mass is 10.0. The van der Waals surface area contributed by atoms with Gasteiger partial charge in [0.05, 0.1) is 12.7 Å². The fraction of sp³-hybridized carbons (Fsp3) is 0.154. The number of rotatable bonds is 1. The van der Waals surface area contributed by atoms with Crippen LogP contribution in [0, 0.1) is 6.92 Å². The minimum absolute atomic E-state index is 0.220. The Morgan fingerprint density at radius 3 is 2.62 bits per heavy atom. The molecule has 0 spiro atoms. The molecular weight excluding hydrogens is 204 g/mol. The lowest BCUT2D eigenvalue weighted by Gasteiger charge is -2.06. The molecule has 0 bridgehead atoms. The molecule has 0 aliphatic carbocycles. The summed E-state index contributed by atoms with van der Waals surface area (Å²) in [5.41, 5.74) is 1.39. The highest BCUT2D eigenvalue weighted by molar-refractivity contribution is 5.97. The molecule has 0 aromatic heterocycles. The zero-order valence-corrected chi connectivity index (χ0v) is 9.15. The van der Waals surface area contributed by atoms with Crippen LogP contribution >= 0.6 is 0 Å². The second-order valence-corrected chi connectivity index (χ2v) is 3.69. The lowest BCUT2D eigenvalue weighted by molar-refractivity contribution is 0.0600. The Bertz CT molecular complexity index is 558. The molecule has 0 saturated carbocycles. The molecule has 0 radical (unpaired) electrons. The van der Waals surface area contributed by atoms with Crippen molar-refractivity contribution in [1.82, 2.24) is 0 Å². The molecule has 3 heteroatoms. The predicted molar refractivity (Wildman–Crippen MR) is 61.7 cm³/mol. The average Bonchev–Trinajstić information content (AvgIpc) is 2.27. The molecule has 2 rings (SSSR count). The van der Waals surface area contributed by atoms with Crippen LogP contribution in [0.5, 0.6) is 5.75 Å².